The van der Waals surface area contributed by atoms with Crippen LogP contribution in [0.1, 0.15) is 31.9 Å². The average Bonchev–Trinajstić information content (AvgIpc) is 3.26. The molecule has 4 rings (SSSR count). The molecule has 0 unspecified atom stereocenters. The van der Waals surface area contributed by atoms with Gasteiger partial charge in [-0.1, -0.05) is 24.3 Å². The number of hydrogen-bond acceptors (Lipinski definition) is 4. The summed E-state index contributed by atoms with van der Waals surface area (Å²) in [6.45, 7) is 1.89. The number of aryl methyl sites for hydroxylation is 1. The Morgan fingerprint density at radius 1 is 1.18 bits per heavy atom. The Bertz CT molecular complexity index is 1100. The highest BCUT2D eigenvalue weighted by atomic mass is 32.1. The third-order valence-corrected chi connectivity index (χ3v) is 5.16. The molecule has 0 radical (unpaired) electrons. The van der Waals surface area contributed by atoms with Crippen LogP contribution in [0.3, 0.4) is 0 Å². The molecular weight excluding hydrogens is 387 g/mol. The molecule has 8 heteroatoms. The number of aliphatic imine (C=N–C) groups is 1. The molecule has 0 saturated heterocycles. The van der Waals surface area contributed by atoms with Crippen molar-refractivity contribution in [2.75, 3.05) is 5.32 Å². The van der Waals surface area contributed by atoms with Crippen molar-refractivity contribution in [3.8, 4) is 0 Å². The van der Waals surface area contributed by atoms with Crippen molar-refractivity contribution in [1.29, 1.82) is 0 Å². The lowest BCUT2D eigenvalue weighted by Gasteiger charge is -2.08. The van der Waals surface area contributed by atoms with Crippen molar-refractivity contribution in [2.45, 2.75) is 19.5 Å². The molecule has 0 saturated carbocycles. The lowest BCUT2D eigenvalue weighted by molar-refractivity contribution is -0.137. The molecule has 0 aliphatic carbocycles. The summed E-state index contributed by atoms with van der Waals surface area (Å²) in [5, 5.41) is 3.23. The van der Waals surface area contributed by atoms with Crippen molar-refractivity contribution >= 4 is 33.8 Å². The Labute approximate surface area is 162 Å². The summed E-state index contributed by atoms with van der Waals surface area (Å²) < 4.78 is 39.0. The fourth-order valence-corrected chi connectivity index (χ4v) is 3.68. The zero-order valence-electron chi connectivity index (χ0n) is 14.7. The number of aromatic nitrogens is 1. The molecule has 1 aromatic heterocycles. The van der Waals surface area contributed by atoms with Crippen LogP contribution in [-0.4, -0.2) is 16.6 Å². The minimum Gasteiger partial charge on any atom is -0.298 e. The maximum atomic E-state index is 13.0. The van der Waals surface area contributed by atoms with Crippen LogP contribution in [0, 0.1) is 6.92 Å². The Morgan fingerprint density at radius 2 is 1.96 bits per heavy atom. The highest BCUT2D eigenvalue weighted by molar-refractivity contribution is 7.15. The normalized spacial score (nSPS) is 13.2. The van der Waals surface area contributed by atoms with Gasteiger partial charge < -0.3 is 0 Å². The summed E-state index contributed by atoms with van der Waals surface area (Å²) in [7, 11) is 0. The van der Waals surface area contributed by atoms with Crippen molar-refractivity contribution in [1.82, 2.24) is 4.98 Å². The van der Waals surface area contributed by atoms with Gasteiger partial charge in [0.15, 0.2) is 5.13 Å². The predicted molar refractivity (Wildman–Crippen MR) is 103 cm³/mol. The van der Waals surface area contributed by atoms with Crippen LogP contribution in [0.25, 0.3) is 0 Å². The maximum Gasteiger partial charge on any atom is 0.416 e. The first-order chi connectivity index (χ1) is 13.3. The molecule has 1 amide bonds. The number of para-hydroxylation sites is 1. The first-order valence-electron chi connectivity index (χ1n) is 8.42. The standard InChI is InChI=1S/C20H14F3N3OS/c1-11-10-24-19(28-11)26-18(27)15-7-3-5-13-9-16(25-17(13)15)12-4-2-6-14(8-12)20(21,22)23/h2-8,10H,9H2,1H3,(H,24,26,27). The maximum absolute atomic E-state index is 13.0. The van der Waals surface area contributed by atoms with Crippen LogP contribution in [-0.2, 0) is 12.6 Å². The van der Waals surface area contributed by atoms with Crippen LogP contribution < -0.4 is 5.32 Å². The first-order valence-corrected chi connectivity index (χ1v) is 9.24. The summed E-state index contributed by atoms with van der Waals surface area (Å²) in [5.41, 5.74) is 1.84. The number of carbonyl (C=O) groups is 1. The van der Waals surface area contributed by atoms with Crippen LogP contribution in [0.15, 0.2) is 53.7 Å². The lowest BCUT2D eigenvalue weighted by Crippen LogP contribution is -2.11. The SMILES string of the molecule is Cc1cnc(NC(=O)c2cccc3c2N=C(c2cccc(C(F)(F)F)c2)C3)s1. The van der Waals surface area contributed by atoms with Crippen LogP contribution in [0.2, 0.25) is 0 Å². The summed E-state index contributed by atoms with van der Waals surface area (Å²) in [5.74, 6) is -0.347. The zero-order valence-corrected chi connectivity index (χ0v) is 15.5. The van der Waals surface area contributed by atoms with E-state index in [9.17, 15) is 18.0 Å². The van der Waals surface area contributed by atoms with E-state index in [4.69, 9.17) is 0 Å². The van der Waals surface area contributed by atoms with Gasteiger partial charge in [-0.3, -0.25) is 15.1 Å². The smallest absolute Gasteiger partial charge is 0.298 e. The second-order valence-electron chi connectivity index (χ2n) is 6.36. The van der Waals surface area contributed by atoms with Gasteiger partial charge in [0, 0.05) is 17.5 Å². The van der Waals surface area contributed by atoms with Crippen molar-refractivity contribution in [2.24, 2.45) is 4.99 Å². The van der Waals surface area contributed by atoms with Gasteiger partial charge in [0.2, 0.25) is 0 Å². The summed E-state index contributed by atoms with van der Waals surface area (Å²) in [6, 6.07) is 10.3. The number of nitrogens with zero attached hydrogens (tertiary/aromatic N) is 2. The number of carbonyl (C=O) groups excluding carboxylic acids is 1. The first kappa shape index (κ1) is 18.4. The van der Waals surface area contributed by atoms with Crippen molar-refractivity contribution in [3.63, 3.8) is 0 Å². The van der Waals surface area contributed by atoms with Crippen LogP contribution in [0.4, 0.5) is 24.0 Å². The van der Waals surface area contributed by atoms with Gasteiger partial charge in [0.05, 0.1) is 22.5 Å². The largest absolute Gasteiger partial charge is 0.416 e. The number of rotatable bonds is 3. The number of anilines is 1. The zero-order chi connectivity index (χ0) is 19.9. The van der Waals surface area contributed by atoms with Crippen molar-refractivity contribution in [3.05, 3.63) is 75.8 Å². The topological polar surface area (TPSA) is 54.4 Å². The molecule has 1 aliphatic rings. The molecule has 0 atom stereocenters. The molecule has 2 heterocycles. The molecule has 3 aromatic rings. The van der Waals surface area contributed by atoms with E-state index in [0.29, 0.717) is 34.1 Å². The Hall–Kier alpha value is -3.00. The van der Waals surface area contributed by atoms with Gasteiger partial charge in [0.1, 0.15) is 0 Å². The van der Waals surface area contributed by atoms with Gasteiger partial charge in [-0.15, -0.1) is 11.3 Å². The van der Waals surface area contributed by atoms with E-state index in [1.54, 1.807) is 24.4 Å². The van der Waals surface area contributed by atoms with E-state index >= 15 is 0 Å². The third kappa shape index (κ3) is 3.55. The number of alkyl halides is 3. The van der Waals surface area contributed by atoms with Gasteiger partial charge in [-0.25, -0.2) is 4.98 Å². The molecule has 142 valence electrons. The molecule has 0 fully saturated rings. The van der Waals surface area contributed by atoms with Gasteiger partial charge in [-0.2, -0.15) is 13.2 Å². The Morgan fingerprint density at radius 3 is 2.68 bits per heavy atom. The Kier molecular flexibility index (Phi) is 4.50. The van der Waals surface area contributed by atoms with E-state index < -0.39 is 11.7 Å². The molecule has 4 nitrogen and oxygen atoms in total. The monoisotopic (exact) mass is 401 g/mol. The molecule has 2 aromatic carbocycles. The summed E-state index contributed by atoms with van der Waals surface area (Å²) in [6.07, 6.45) is -2.38. The molecule has 0 bridgehead atoms. The molecule has 28 heavy (non-hydrogen) atoms. The molecule has 1 N–H and O–H groups in total. The number of benzene rings is 2. The van der Waals surface area contributed by atoms with E-state index in [2.05, 4.69) is 15.3 Å². The number of hydrogen-bond donors (Lipinski definition) is 1. The lowest BCUT2D eigenvalue weighted by atomic mass is 10.0. The molecular formula is C20H14F3N3OS. The van der Waals surface area contributed by atoms with Crippen LogP contribution in [0.5, 0.6) is 0 Å². The minimum absolute atomic E-state index is 0.347. The van der Waals surface area contributed by atoms with Crippen molar-refractivity contribution < 1.29 is 18.0 Å². The Balaban J connectivity index is 1.66. The third-order valence-electron chi connectivity index (χ3n) is 4.33. The molecule has 1 aliphatic heterocycles. The molecule has 0 spiro atoms. The second-order valence-corrected chi connectivity index (χ2v) is 7.59. The van der Waals surface area contributed by atoms with Crippen LogP contribution >= 0.6 is 11.3 Å². The van der Waals surface area contributed by atoms with E-state index in [0.717, 1.165) is 22.6 Å². The van der Waals surface area contributed by atoms with E-state index in [1.165, 1.54) is 17.4 Å². The van der Waals surface area contributed by atoms with E-state index in [1.807, 2.05) is 13.0 Å². The number of amides is 1. The quantitative estimate of drug-likeness (QED) is 0.639. The van der Waals surface area contributed by atoms with Gasteiger partial charge >= 0.3 is 6.18 Å². The summed E-state index contributed by atoms with van der Waals surface area (Å²) >= 11 is 1.36. The minimum atomic E-state index is -4.42. The summed E-state index contributed by atoms with van der Waals surface area (Å²) in [4.78, 5) is 22.2. The number of thiazole rings is 1. The average molecular weight is 401 g/mol. The highest BCUT2D eigenvalue weighted by Gasteiger charge is 2.31. The number of nitrogens with one attached hydrogen (secondary N) is 1. The fourth-order valence-electron chi connectivity index (χ4n) is 3.02. The van der Waals surface area contributed by atoms with Gasteiger partial charge in [-0.05, 0) is 36.2 Å². The van der Waals surface area contributed by atoms with Gasteiger partial charge in [0.25, 0.3) is 5.91 Å². The number of halogens is 3. The predicted octanol–water partition coefficient (Wildman–Crippen LogP) is 5.40. The van der Waals surface area contributed by atoms with E-state index in [-0.39, 0.29) is 5.91 Å². The number of fused-ring (bicyclic) bond motifs is 1. The fraction of sp³-hybridized carbons (Fsp3) is 0.150. The highest BCUT2D eigenvalue weighted by Crippen LogP contribution is 2.35. The second kappa shape index (κ2) is 6.87.